The maximum atomic E-state index is 11.1. The Labute approximate surface area is 213 Å². The molecule has 0 spiro atoms. The molecule has 0 amide bonds. The van der Waals surface area contributed by atoms with Gasteiger partial charge in [-0.3, -0.25) is 4.79 Å². The summed E-state index contributed by atoms with van der Waals surface area (Å²) in [4.78, 5) is 11.1. The number of hydrogen-bond donors (Lipinski definition) is 0. The van der Waals surface area contributed by atoms with E-state index < -0.39 is 17.9 Å². The van der Waals surface area contributed by atoms with E-state index in [1.807, 2.05) is 24.3 Å². The van der Waals surface area contributed by atoms with Gasteiger partial charge < -0.3 is 18.9 Å². The topological polar surface area (TPSA) is 57.3 Å². The van der Waals surface area contributed by atoms with Crippen molar-refractivity contribution in [3.63, 3.8) is 0 Å². The van der Waals surface area contributed by atoms with Crippen molar-refractivity contribution in [2.75, 3.05) is 27.4 Å². The third kappa shape index (κ3) is 8.52. The van der Waals surface area contributed by atoms with Crippen LogP contribution in [0.2, 0.25) is 0 Å². The Morgan fingerprint density at radius 3 is 2.03 bits per heavy atom. The molecule has 2 atom stereocenters. The van der Waals surface area contributed by atoms with Gasteiger partial charge in [-0.25, -0.2) is 0 Å². The van der Waals surface area contributed by atoms with Gasteiger partial charge in [-0.05, 0) is 59.4 Å². The summed E-state index contributed by atoms with van der Waals surface area (Å²) in [6.07, 6.45) is 5.68. The molecule has 4 aliphatic rings. The van der Waals surface area contributed by atoms with Crippen molar-refractivity contribution in [1.29, 1.82) is 0 Å². The van der Waals surface area contributed by atoms with Crippen LogP contribution in [0.3, 0.4) is 0 Å². The molecule has 0 radical (unpaired) electrons. The first-order chi connectivity index (χ1) is 15.9. The van der Waals surface area contributed by atoms with Crippen molar-refractivity contribution in [3.05, 3.63) is 58.7 Å². The third-order valence-corrected chi connectivity index (χ3v) is 5.68. The molecule has 2 heterocycles. The molecule has 9 heteroatoms. The fourth-order valence-electron chi connectivity index (χ4n) is 4.02. The Kier molecular flexibility index (Phi) is 11.0. The molecule has 2 aliphatic carbocycles. The predicted molar refractivity (Wildman–Crippen MR) is 133 cm³/mol. The van der Waals surface area contributed by atoms with E-state index in [4.69, 9.17) is 44.7 Å². The number of halogens is 3. The van der Waals surface area contributed by atoms with Gasteiger partial charge in [-0.1, -0.05) is 12.1 Å². The summed E-state index contributed by atoms with van der Waals surface area (Å²) in [6.45, 7) is 2.00. The molecule has 2 aromatic carbocycles. The van der Waals surface area contributed by atoms with Gasteiger partial charge >= 0.3 is 43.6 Å². The van der Waals surface area contributed by atoms with E-state index in [0.717, 1.165) is 42.3 Å². The number of ketones is 1. The average molecular weight is 618 g/mol. The SMILES string of the molecule is C1CCOC1.COc1ccc2c(c1)CC(=O)C2.COc1ccc2c(c1)CC1OC21.[Cl][In]([Cl])[Cl]. The number of rotatable bonds is 2. The molecule has 0 bridgehead atoms. The molecule has 178 valence electrons. The van der Waals surface area contributed by atoms with Gasteiger partial charge in [-0.15, -0.1) is 0 Å². The third-order valence-electron chi connectivity index (χ3n) is 5.68. The van der Waals surface area contributed by atoms with Gasteiger partial charge in [0.25, 0.3) is 0 Å². The molecule has 33 heavy (non-hydrogen) atoms. The van der Waals surface area contributed by atoms with Crippen LogP contribution in [-0.2, 0) is 33.5 Å². The minimum atomic E-state index is -2.22. The molecule has 5 nitrogen and oxygen atoms in total. The van der Waals surface area contributed by atoms with E-state index >= 15 is 0 Å². The van der Waals surface area contributed by atoms with E-state index in [1.165, 1.54) is 24.0 Å². The van der Waals surface area contributed by atoms with Crippen LogP contribution in [0.4, 0.5) is 0 Å². The standard InChI is InChI=1S/2C10H10O2.C4H8O.3ClH.In/c1-11-7-2-3-8-6(4-7)5-9-10(8)12-9;1-12-10-3-2-7-4-9(11)5-8(7)6-10;1-2-4-5-3-1;;;;/h2-4,9-10H,5H2,1H3;2-3,6H,4-5H2,1H3;1-4H2;3*1H;/q;;;;;;+3/p-3. The number of Topliss-reactive ketones (excluding diaryl/α,β-unsaturated/α-hetero) is 1. The van der Waals surface area contributed by atoms with Crippen molar-refractivity contribution >= 4 is 49.4 Å². The maximum absolute atomic E-state index is 11.1. The second-order valence-corrected chi connectivity index (χ2v) is 22.6. The number of carbonyl (C=O) groups excluding carboxylic acids is 1. The number of epoxide rings is 1. The van der Waals surface area contributed by atoms with Crippen molar-refractivity contribution in [3.8, 4) is 11.5 Å². The van der Waals surface area contributed by atoms with Gasteiger partial charge in [0, 0.05) is 32.5 Å². The minimum absolute atomic E-state index is 0.304. The van der Waals surface area contributed by atoms with Crippen LogP contribution in [-0.4, -0.2) is 57.2 Å². The summed E-state index contributed by atoms with van der Waals surface area (Å²) in [6, 6.07) is 12.1. The predicted octanol–water partition coefficient (Wildman–Crippen LogP) is 5.54. The zero-order valence-electron chi connectivity index (χ0n) is 18.8. The van der Waals surface area contributed by atoms with Gasteiger partial charge in [0.05, 0.1) is 20.3 Å². The Bertz CT molecular complexity index is 926. The van der Waals surface area contributed by atoms with Gasteiger partial charge in [-0.2, -0.15) is 0 Å². The van der Waals surface area contributed by atoms with Crippen LogP contribution in [0, 0.1) is 0 Å². The number of ether oxygens (including phenoxy) is 4. The number of hydrogen-bond acceptors (Lipinski definition) is 5. The number of carbonyl (C=O) groups is 1. The quantitative estimate of drug-likeness (QED) is 0.415. The number of benzene rings is 2. The van der Waals surface area contributed by atoms with Crippen LogP contribution >= 0.6 is 25.7 Å². The first-order valence-corrected chi connectivity index (χ1v) is 23.4. The average Bonchev–Trinajstić information content (AvgIpc) is 3.20. The molecule has 2 fully saturated rings. The molecular weight excluding hydrogens is 589 g/mol. The Hall–Kier alpha value is -0.630. The summed E-state index contributed by atoms with van der Waals surface area (Å²) in [5.74, 6) is 2.09. The van der Waals surface area contributed by atoms with Gasteiger partial charge in [0.15, 0.2) is 0 Å². The summed E-state index contributed by atoms with van der Waals surface area (Å²) in [5.41, 5.74) is 5.04. The second-order valence-electron chi connectivity index (χ2n) is 7.96. The zero-order chi connectivity index (χ0) is 23.8. The van der Waals surface area contributed by atoms with Gasteiger partial charge in [0.1, 0.15) is 23.4 Å². The number of methoxy groups -OCH3 is 2. The summed E-state index contributed by atoms with van der Waals surface area (Å²) >= 11 is -2.22. The summed E-state index contributed by atoms with van der Waals surface area (Å²) in [7, 11) is 18.4. The number of fused-ring (bicyclic) bond motifs is 4. The first-order valence-electron chi connectivity index (χ1n) is 10.9. The van der Waals surface area contributed by atoms with E-state index in [1.54, 1.807) is 14.2 Å². The molecule has 2 aromatic rings. The molecule has 0 aromatic heterocycles. The zero-order valence-corrected chi connectivity index (χ0v) is 24.4. The van der Waals surface area contributed by atoms with Crippen LogP contribution in [0.15, 0.2) is 36.4 Å². The van der Waals surface area contributed by atoms with Crippen molar-refractivity contribution in [2.24, 2.45) is 0 Å². The molecule has 2 aliphatic heterocycles. The van der Waals surface area contributed by atoms with Crippen molar-refractivity contribution in [1.82, 2.24) is 0 Å². The molecular formula is C24H28Cl3InO5. The molecule has 2 unspecified atom stereocenters. The molecule has 0 saturated carbocycles. The monoisotopic (exact) mass is 616 g/mol. The first kappa shape index (κ1) is 27.0. The van der Waals surface area contributed by atoms with E-state index in [9.17, 15) is 4.79 Å². The second kappa shape index (κ2) is 13.5. The Morgan fingerprint density at radius 1 is 0.879 bits per heavy atom. The van der Waals surface area contributed by atoms with E-state index in [0.29, 0.717) is 30.8 Å². The fourth-order valence-corrected chi connectivity index (χ4v) is 4.02. The summed E-state index contributed by atoms with van der Waals surface area (Å²) < 4.78 is 20.6. The van der Waals surface area contributed by atoms with E-state index in [2.05, 4.69) is 12.1 Å². The molecule has 0 N–H and O–H groups in total. The summed E-state index contributed by atoms with van der Waals surface area (Å²) in [5, 5.41) is 0. The van der Waals surface area contributed by atoms with Crippen LogP contribution in [0.25, 0.3) is 0 Å². The Balaban J connectivity index is 0.000000137. The van der Waals surface area contributed by atoms with Crippen LogP contribution < -0.4 is 9.47 Å². The van der Waals surface area contributed by atoms with Crippen LogP contribution in [0.5, 0.6) is 11.5 Å². The Morgan fingerprint density at radius 2 is 1.45 bits per heavy atom. The van der Waals surface area contributed by atoms with E-state index in [-0.39, 0.29) is 0 Å². The van der Waals surface area contributed by atoms with Crippen molar-refractivity contribution < 1.29 is 23.7 Å². The fraction of sp³-hybridized carbons (Fsp3) is 0.458. The normalized spacial score (nSPS) is 20.5. The van der Waals surface area contributed by atoms with Gasteiger partial charge in [0.2, 0.25) is 0 Å². The van der Waals surface area contributed by atoms with Crippen molar-refractivity contribution in [2.45, 2.75) is 44.3 Å². The molecule has 2 saturated heterocycles. The molecule has 6 rings (SSSR count). The van der Waals surface area contributed by atoms with Crippen LogP contribution in [0.1, 0.15) is 41.2 Å².